The van der Waals surface area contributed by atoms with Crippen LogP contribution >= 0.6 is 11.6 Å². The summed E-state index contributed by atoms with van der Waals surface area (Å²) in [5.41, 5.74) is 3.67. The van der Waals surface area contributed by atoms with Crippen molar-refractivity contribution in [3.8, 4) is 5.75 Å². The average molecular weight is 402 g/mol. The molecule has 2 aromatic carbocycles. The van der Waals surface area contributed by atoms with Crippen LogP contribution in [-0.4, -0.2) is 25.1 Å². The number of esters is 1. The van der Waals surface area contributed by atoms with Crippen molar-refractivity contribution in [3.63, 3.8) is 0 Å². The lowest BCUT2D eigenvalue weighted by Crippen LogP contribution is -2.32. The number of halogens is 1. The molecule has 0 unspecified atom stereocenters. The summed E-state index contributed by atoms with van der Waals surface area (Å²) >= 11 is 6.01. The van der Waals surface area contributed by atoms with Crippen molar-refractivity contribution >= 4 is 29.2 Å². The molecule has 0 saturated heterocycles. The molecule has 3 rings (SSSR count). The first-order valence-electron chi connectivity index (χ1n) is 9.32. The number of nitrogens with one attached hydrogen (secondary N) is 1. The second-order valence-corrected chi connectivity index (χ2v) is 7.75. The lowest BCUT2D eigenvalue weighted by atomic mass is 9.97. The number of anilines is 1. The Morgan fingerprint density at radius 1 is 1.29 bits per heavy atom. The van der Waals surface area contributed by atoms with Gasteiger partial charge in [-0.3, -0.25) is 9.59 Å². The Morgan fingerprint density at radius 3 is 2.82 bits per heavy atom. The first kappa shape index (κ1) is 20.2. The smallest absolute Gasteiger partial charge is 0.313 e. The monoisotopic (exact) mass is 401 g/mol. The van der Waals surface area contributed by atoms with Gasteiger partial charge in [0.25, 0.3) is 5.91 Å². The number of ether oxygens (including phenoxy) is 2. The van der Waals surface area contributed by atoms with Crippen molar-refractivity contribution in [3.05, 3.63) is 58.1 Å². The zero-order valence-corrected chi connectivity index (χ0v) is 17.0. The number of hydrogen-bond donors (Lipinski definition) is 1. The third-order valence-corrected chi connectivity index (χ3v) is 5.03. The van der Waals surface area contributed by atoms with Crippen molar-refractivity contribution in [1.82, 2.24) is 0 Å². The molecule has 0 aliphatic carbocycles. The topological polar surface area (TPSA) is 64.6 Å². The van der Waals surface area contributed by atoms with E-state index in [9.17, 15) is 9.59 Å². The molecule has 1 aliphatic heterocycles. The van der Waals surface area contributed by atoms with Gasteiger partial charge >= 0.3 is 5.97 Å². The van der Waals surface area contributed by atoms with Crippen molar-refractivity contribution in [2.24, 2.45) is 5.92 Å². The van der Waals surface area contributed by atoms with Crippen LogP contribution in [-0.2, 0) is 20.7 Å². The van der Waals surface area contributed by atoms with Crippen LogP contribution in [0.3, 0.4) is 0 Å². The van der Waals surface area contributed by atoms with E-state index in [2.05, 4.69) is 19.2 Å². The maximum absolute atomic E-state index is 12.4. The molecule has 0 bridgehead atoms. The minimum atomic E-state index is -0.455. The van der Waals surface area contributed by atoms with Crippen molar-refractivity contribution < 1.29 is 19.1 Å². The van der Waals surface area contributed by atoms with Crippen LogP contribution in [0.4, 0.5) is 5.69 Å². The van der Waals surface area contributed by atoms with Gasteiger partial charge in [-0.05, 0) is 54.2 Å². The average Bonchev–Trinajstić information content (AvgIpc) is 2.66. The first-order chi connectivity index (χ1) is 13.3. The Hall–Kier alpha value is -2.53. The van der Waals surface area contributed by atoms with E-state index in [-0.39, 0.29) is 25.0 Å². The normalized spacial score (nSPS) is 15.5. The number of fused-ring (bicyclic) bond motifs is 1. The van der Waals surface area contributed by atoms with Gasteiger partial charge in [0, 0.05) is 10.7 Å². The van der Waals surface area contributed by atoms with Gasteiger partial charge in [-0.1, -0.05) is 43.6 Å². The third kappa shape index (κ3) is 4.65. The predicted octanol–water partition coefficient (Wildman–Crippen LogP) is 4.50. The van der Waals surface area contributed by atoms with E-state index in [1.54, 1.807) is 18.2 Å². The Morgan fingerprint density at radius 2 is 2.07 bits per heavy atom. The summed E-state index contributed by atoms with van der Waals surface area (Å²) in [6, 6.07) is 11.2. The van der Waals surface area contributed by atoms with Crippen molar-refractivity contribution in [1.29, 1.82) is 0 Å². The maximum Gasteiger partial charge on any atom is 0.313 e. The van der Waals surface area contributed by atoms with E-state index in [1.165, 1.54) is 0 Å². The molecule has 1 aliphatic rings. The molecular formula is C22H24ClNO4. The predicted molar refractivity (Wildman–Crippen MR) is 109 cm³/mol. The van der Waals surface area contributed by atoms with E-state index >= 15 is 0 Å². The number of benzene rings is 2. The van der Waals surface area contributed by atoms with Crippen LogP contribution < -0.4 is 10.1 Å². The fourth-order valence-corrected chi connectivity index (χ4v) is 3.48. The molecule has 148 valence electrons. The van der Waals surface area contributed by atoms with Crippen LogP contribution in [0.25, 0.3) is 0 Å². The third-order valence-electron chi connectivity index (χ3n) is 4.80. The Balaban J connectivity index is 1.58. The molecule has 1 atom stereocenters. The molecule has 2 aromatic rings. The van der Waals surface area contributed by atoms with Crippen LogP contribution in [0.2, 0.25) is 5.02 Å². The van der Waals surface area contributed by atoms with E-state index in [0.29, 0.717) is 11.4 Å². The highest BCUT2D eigenvalue weighted by Gasteiger charge is 2.28. The summed E-state index contributed by atoms with van der Waals surface area (Å²) in [7, 11) is 0. The van der Waals surface area contributed by atoms with Gasteiger partial charge in [0.2, 0.25) is 0 Å². The summed E-state index contributed by atoms with van der Waals surface area (Å²) in [5, 5.41) is 3.47. The lowest BCUT2D eigenvalue weighted by molar-refractivity contribution is -0.152. The molecule has 1 heterocycles. The molecule has 0 spiro atoms. The number of hydrogen-bond acceptors (Lipinski definition) is 4. The molecule has 6 heteroatoms. The molecule has 0 fully saturated rings. The van der Waals surface area contributed by atoms with Crippen LogP contribution in [0, 0.1) is 12.8 Å². The Labute approximate surface area is 170 Å². The summed E-state index contributed by atoms with van der Waals surface area (Å²) in [6.45, 7) is 5.97. The van der Waals surface area contributed by atoms with Crippen LogP contribution in [0.1, 0.15) is 36.5 Å². The number of rotatable bonds is 5. The number of carbonyl (C=O) groups excluding carboxylic acids is 2. The highest BCUT2D eigenvalue weighted by atomic mass is 35.5. The largest absolute Gasteiger partial charge is 0.492 e. The van der Waals surface area contributed by atoms with Gasteiger partial charge in [0.05, 0.1) is 5.92 Å². The zero-order chi connectivity index (χ0) is 20.3. The summed E-state index contributed by atoms with van der Waals surface area (Å²) in [5.74, 6) is -0.265. The molecule has 5 nitrogen and oxygen atoms in total. The molecule has 28 heavy (non-hydrogen) atoms. The quantitative estimate of drug-likeness (QED) is 0.749. The van der Waals surface area contributed by atoms with Gasteiger partial charge in [0.15, 0.2) is 6.61 Å². The minimum Gasteiger partial charge on any atom is -0.492 e. The van der Waals surface area contributed by atoms with Crippen molar-refractivity contribution in [2.45, 2.75) is 33.1 Å². The fourth-order valence-electron chi connectivity index (χ4n) is 3.29. The molecule has 1 N–H and O–H groups in total. The van der Waals surface area contributed by atoms with Gasteiger partial charge < -0.3 is 14.8 Å². The highest BCUT2D eigenvalue weighted by molar-refractivity contribution is 6.30. The minimum absolute atomic E-state index is 0.227. The van der Waals surface area contributed by atoms with Gasteiger partial charge in [-0.25, -0.2) is 0 Å². The summed E-state index contributed by atoms with van der Waals surface area (Å²) in [4.78, 5) is 24.7. The summed E-state index contributed by atoms with van der Waals surface area (Å²) < 4.78 is 10.8. The van der Waals surface area contributed by atoms with E-state index in [0.717, 1.165) is 28.1 Å². The second-order valence-electron chi connectivity index (χ2n) is 7.31. The maximum atomic E-state index is 12.4. The van der Waals surface area contributed by atoms with E-state index < -0.39 is 11.9 Å². The molecule has 0 radical (unpaired) electrons. The lowest BCUT2D eigenvalue weighted by Gasteiger charge is -2.24. The summed E-state index contributed by atoms with van der Waals surface area (Å²) in [6.07, 6.45) is 0.478. The highest BCUT2D eigenvalue weighted by Crippen LogP contribution is 2.30. The molecular weight excluding hydrogens is 378 g/mol. The Kier molecular flexibility index (Phi) is 6.25. The molecule has 0 saturated carbocycles. The van der Waals surface area contributed by atoms with Gasteiger partial charge in [-0.2, -0.15) is 0 Å². The van der Waals surface area contributed by atoms with Crippen LogP contribution in [0.5, 0.6) is 5.75 Å². The first-order valence-corrected chi connectivity index (χ1v) is 9.70. The molecule has 0 aromatic heterocycles. The van der Waals surface area contributed by atoms with Crippen LogP contribution in [0.15, 0.2) is 36.4 Å². The van der Waals surface area contributed by atoms with Gasteiger partial charge in [-0.15, -0.1) is 0 Å². The zero-order valence-electron chi connectivity index (χ0n) is 16.3. The number of amides is 1. The SMILES string of the molecule is Cc1cccc(C(C)C)c1NC(=O)COC(=O)[C@@H]1COc2ccc(Cl)cc2C1. The fraction of sp³-hybridized carbons (Fsp3) is 0.364. The number of para-hydroxylation sites is 1. The number of aryl methyl sites for hydroxylation is 1. The standard InChI is InChI=1S/C22H24ClNO4/c1-13(2)18-6-4-5-14(3)21(18)24-20(25)12-28-22(26)16-9-15-10-17(23)7-8-19(15)27-11-16/h4-8,10,13,16H,9,11-12H2,1-3H3,(H,24,25)/t16-/m0/s1. The van der Waals surface area contributed by atoms with Crippen molar-refractivity contribution in [2.75, 3.05) is 18.5 Å². The Bertz CT molecular complexity index is 894. The van der Waals surface area contributed by atoms with Gasteiger partial charge in [0.1, 0.15) is 12.4 Å². The van der Waals surface area contributed by atoms with E-state index in [1.807, 2.05) is 25.1 Å². The number of carbonyl (C=O) groups is 2. The second kappa shape index (κ2) is 8.65. The van der Waals surface area contributed by atoms with E-state index in [4.69, 9.17) is 21.1 Å². The molecule has 1 amide bonds.